The molecular weight excluding hydrogens is 350 g/mol. The summed E-state index contributed by atoms with van der Waals surface area (Å²) in [4.78, 5) is 0. The molecule has 0 spiro atoms. The molecule has 0 amide bonds. The summed E-state index contributed by atoms with van der Waals surface area (Å²) in [6.07, 6.45) is 20.4. The van der Waals surface area contributed by atoms with Crippen molar-refractivity contribution in [3.8, 4) is 0 Å². The molecule has 1 heterocycles. The molecule has 1 aliphatic heterocycles. The maximum Gasteiger partial charge on any atom is 0.102 e. The van der Waals surface area contributed by atoms with E-state index in [2.05, 4.69) is 32.7 Å². The van der Waals surface area contributed by atoms with E-state index in [1.807, 2.05) is 0 Å². The maximum absolute atomic E-state index is 5.53. The van der Waals surface area contributed by atoms with E-state index in [-0.39, 0.29) is 0 Å². The Bertz CT molecular complexity index is 318. The molecule has 1 saturated heterocycles. The molecule has 0 saturated carbocycles. The number of thioether (sulfide) groups is 1. The van der Waals surface area contributed by atoms with E-state index in [9.17, 15) is 0 Å². The van der Waals surface area contributed by atoms with Crippen LogP contribution in [0, 0.1) is 0 Å². The van der Waals surface area contributed by atoms with Crippen LogP contribution in [-0.2, 0) is 4.74 Å². The van der Waals surface area contributed by atoms with Crippen molar-refractivity contribution >= 4 is 11.8 Å². The minimum absolute atomic E-state index is 0.769. The second-order valence-electron chi connectivity index (χ2n) is 9.06. The first kappa shape index (κ1) is 25.3. The summed E-state index contributed by atoms with van der Waals surface area (Å²) in [6, 6.07) is 0.769. The van der Waals surface area contributed by atoms with Crippen molar-refractivity contribution in [2.75, 3.05) is 44.9 Å². The van der Waals surface area contributed by atoms with E-state index in [1.54, 1.807) is 0 Å². The van der Waals surface area contributed by atoms with Crippen molar-refractivity contribution in [1.29, 1.82) is 0 Å². The van der Waals surface area contributed by atoms with Crippen LogP contribution in [0.1, 0.15) is 104 Å². The maximum atomic E-state index is 5.53. The van der Waals surface area contributed by atoms with Gasteiger partial charge in [0.25, 0.3) is 0 Å². The van der Waals surface area contributed by atoms with Gasteiger partial charge >= 0.3 is 0 Å². The van der Waals surface area contributed by atoms with Crippen molar-refractivity contribution < 1.29 is 9.22 Å². The first-order valence-electron chi connectivity index (χ1n) is 12.2. The normalized spacial score (nSPS) is 17.9. The number of hydrogen-bond acceptors (Lipinski definition) is 2. The van der Waals surface area contributed by atoms with Crippen LogP contribution in [0.3, 0.4) is 0 Å². The molecule has 0 N–H and O–H groups in total. The standard InChI is InChI=1S/C24H50NOS/c1-4-5-6-7-8-9-10-11-12-13-14-15-16-17-22-27-23-24(2)25(3)18-20-26-21-19-25/h24H,4-23H2,1-3H3/q+1. The van der Waals surface area contributed by atoms with Crippen LogP contribution >= 0.6 is 11.8 Å². The Morgan fingerprint density at radius 2 is 1.19 bits per heavy atom. The van der Waals surface area contributed by atoms with Gasteiger partial charge in [-0.05, 0) is 19.1 Å². The zero-order valence-electron chi connectivity index (χ0n) is 19.0. The van der Waals surface area contributed by atoms with Crippen LogP contribution < -0.4 is 0 Å². The average Bonchev–Trinajstić information content (AvgIpc) is 2.68. The van der Waals surface area contributed by atoms with E-state index in [0.29, 0.717) is 0 Å². The first-order valence-corrected chi connectivity index (χ1v) is 13.3. The monoisotopic (exact) mass is 400 g/mol. The highest BCUT2D eigenvalue weighted by molar-refractivity contribution is 7.99. The van der Waals surface area contributed by atoms with E-state index in [0.717, 1.165) is 19.3 Å². The molecule has 162 valence electrons. The van der Waals surface area contributed by atoms with Crippen molar-refractivity contribution in [3.63, 3.8) is 0 Å². The van der Waals surface area contributed by atoms with Crippen LogP contribution in [0.25, 0.3) is 0 Å². The number of hydrogen-bond donors (Lipinski definition) is 0. The van der Waals surface area contributed by atoms with Gasteiger partial charge in [-0.2, -0.15) is 11.8 Å². The summed E-state index contributed by atoms with van der Waals surface area (Å²) in [5.41, 5.74) is 0. The Hall–Kier alpha value is 0.270. The van der Waals surface area contributed by atoms with Gasteiger partial charge in [-0.25, -0.2) is 0 Å². The lowest BCUT2D eigenvalue weighted by Gasteiger charge is -2.42. The summed E-state index contributed by atoms with van der Waals surface area (Å²) in [5, 5.41) is 0. The lowest BCUT2D eigenvalue weighted by atomic mass is 10.0. The highest BCUT2D eigenvalue weighted by Crippen LogP contribution is 2.19. The van der Waals surface area contributed by atoms with E-state index in [1.165, 1.54) is 119 Å². The SMILES string of the molecule is CCCCCCCCCCCCCCCCSCC(C)[N+]1(C)CCOCC1. The fourth-order valence-corrected chi connectivity index (χ4v) is 5.31. The lowest BCUT2D eigenvalue weighted by Crippen LogP contribution is -2.57. The second-order valence-corrected chi connectivity index (χ2v) is 10.2. The molecule has 1 fully saturated rings. The van der Waals surface area contributed by atoms with Crippen molar-refractivity contribution in [2.45, 2.75) is 110 Å². The summed E-state index contributed by atoms with van der Waals surface area (Å²) in [7, 11) is 2.42. The van der Waals surface area contributed by atoms with E-state index < -0.39 is 0 Å². The molecule has 1 aliphatic rings. The van der Waals surface area contributed by atoms with E-state index >= 15 is 0 Å². The van der Waals surface area contributed by atoms with Crippen LogP contribution in [0.4, 0.5) is 0 Å². The summed E-state index contributed by atoms with van der Waals surface area (Å²) in [5.74, 6) is 2.67. The largest absolute Gasteiger partial charge is 0.370 e. The molecule has 1 rings (SSSR count). The minimum Gasteiger partial charge on any atom is -0.370 e. The Labute approximate surface area is 175 Å². The topological polar surface area (TPSA) is 9.23 Å². The third kappa shape index (κ3) is 13.2. The van der Waals surface area contributed by atoms with Crippen LogP contribution in [0.2, 0.25) is 0 Å². The molecule has 0 aromatic rings. The summed E-state index contributed by atoms with van der Waals surface area (Å²) in [6.45, 7) is 9.02. The molecular formula is C24H50NOS+. The molecule has 2 nitrogen and oxygen atoms in total. The van der Waals surface area contributed by atoms with Crippen molar-refractivity contribution in [2.24, 2.45) is 0 Å². The summed E-state index contributed by atoms with van der Waals surface area (Å²) >= 11 is 2.18. The summed E-state index contributed by atoms with van der Waals surface area (Å²) < 4.78 is 6.74. The third-order valence-corrected chi connectivity index (χ3v) is 7.85. The van der Waals surface area contributed by atoms with Gasteiger partial charge in [0.15, 0.2) is 0 Å². The van der Waals surface area contributed by atoms with Crippen molar-refractivity contribution in [3.05, 3.63) is 0 Å². The number of quaternary nitrogens is 1. The zero-order chi connectivity index (χ0) is 19.6. The zero-order valence-corrected chi connectivity index (χ0v) is 19.8. The quantitative estimate of drug-likeness (QED) is 0.180. The predicted octanol–water partition coefficient (Wildman–Crippen LogP) is 7.07. The van der Waals surface area contributed by atoms with Crippen LogP contribution in [0.5, 0.6) is 0 Å². The Morgan fingerprint density at radius 1 is 0.741 bits per heavy atom. The fraction of sp³-hybridized carbons (Fsp3) is 1.00. The molecule has 0 radical (unpaired) electrons. The molecule has 0 aromatic heterocycles. The minimum atomic E-state index is 0.769. The number of ether oxygens (including phenoxy) is 1. The van der Waals surface area contributed by atoms with Gasteiger partial charge in [-0.15, -0.1) is 0 Å². The Morgan fingerprint density at radius 3 is 1.67 bits per heavy atom. The lowest BCUT2D eigenvalue weighted by molar-refractivity contribution is -0.935. The molecule has 0 bridgehead atoms. The van der Waals surface area contributed by atoms with Crippen molar-refractivity contribution in [1.82, 2.24) is 0 Å². The number of unbranched alkanes of at least 4 members (excludes halogenated alkanes) is 13. The number of rotatable bonds is 18. The molecule has 0 aliphatic carbocycles. The average molecular weight is 401 g/mol. The molecule has 1 atom stereocenters. The highest BCUT2D eigenvalue weighted by Gasteiger charge is 2.31. The number of likely N-dealkylation sites (N-methyl/N-ethyl adjacent to an activating group) is 1. The first-order chi connectivity index (χ1) is 13.2. The van der Waals surface area contributed by atoms with Gasteiger partial charge in [-0.1, -0.05) is 90.4 Å². The molecule has 3 heteroatoms. The molecule has 1 unspecified atom stereocenters. The predicted molar refractivity (Wildman–Crippen MR) is 124 cm³/mol. The van der Waals surface area contributed by atoms with Gasteiger partial charge in [-0.3, -0.25) is 0 Å². The Kier molecular flexibility index (Phi) is 16.1. The number of morpholine rings is 1. The van der Waals surface area contributed by atoms with Gasteiger partial charge in [0.05, 0.1) is 26.3 Å². The highest BCUT2D eigenvalue weighted by atomic mass is 32.2. The Balaban J connectivity index is 1.78. The van der Waals surface area contributed by atoms with Gasteiger partial charge in [0.1, 0.15) is 13.1 Å². The van der Waals surface area contributed by atoms with Gasteiger partial charge < -0.3 is 9.22 Å². The van der Waals surface area contributed by atoms with Crippen LogP contribution in [-0.4, -0.2) is 55.4 Å². The number of nitrogens with zero attached hydrogens (tertiary/aromatic N) is 1. The molecule has 27 heavy (non-hydrogen) atoms. The van der Waals surface area contributed by atoms with Gasteiger partial charge in [0.2, 0.25) is 0 Å². The fourth-order valence-electron chi connectivity index (χ4n) is 4.03. The second kappa shape index (κ2) is 17.2. The van der Waals surface area contributed by atoms with Crippen LogP contribution in [0.15, 0.2) is 0 Å². The van der Waals surface area contributed by atoms with E-state index in [4.69, 9.17) is 4.74 Å². The third-order valence-electron chi connectivity index (χ3n) is 6.56. The molecule has 0 aromatic carbocycles. The smallest absolute Gasteiger partial charge is 0.102 e. The van der Waals surface area contributed by atoms with Gasteiger partial charge in [0, 0.05) is 5.75 Å².